The van der Waals surface area contributed by atoms with Crippen LogP contribution in [0.5, 0.6) is 0 Å². The zero-order valence-corrected chi connectivity index (χ0v) is 12.7. The average Bonchev–Trinajstić information content (AvgIpc) is 2.86. The molecule has 0 aliphatic carbocycles. The topological polar surface area (TPSA) is 91.8 Å². The molecule has 114 valence electrons. The van der Waals surface area contributed by atoms with Crippen LogP contribution in [0.4, 0.5) is 0 Å². The molecular formula is C14H17NO5S. The first kappa shape index (κ1) is 15.5. The van der Waals surface area contributed by atoms with Crippen LogP contribution in [0.3, 0.4) is 0 Å². The number of hydrogen-bond donors (Lipinski definition) is 1. The summed E-state index contributed by atoms with van der Waals surface area (Å²) in [6.07, 6.45) is 1.52. The first-order valence-corrected chi connectivity index (χ1v) is 8.42. The van der Waals surface area contributed by atoms with Crippen molar-refractivity contribution in [3.63, 3.8) is 0 Å². The maximum absolute atomic E-state index is 12.3. The molecule has 1 N–H and O–H groups in total. The van der Waals surface area contributed by atoms with Crippen LogP contribution >= 0.6 is 0 Å². The lowest BCUT2D eigenvalue weighted by Gasteiger charge is -2.16. The number of hydrogen-bond acceptors (Lipinski definition) is 4. The lowest BCUT2D eigenvalue weighted by molar-refractivity contribution is -0.141. The Labute approximate surface area is 123 Å². The summed E-state index contributed by atoms with van der Waals surface area (Å²) in [7, 11) is -3.40. The van der Waals surface area contributed by atoms with E-state index in [1.165, 1.54) is 11.0 Å². The third kappa shape index (κ3) is 3.24. The van der Waals surface area contributed by atoms with Gasteiger partial charge in [-0.1, -0.05) is 6.07 Å². The van der Waals surface area contributed by atoms with E-state index in [0.717, 1.165) is 6.26 Å². The van der Waals surface area contributed by atoms with E-state index in [4.69, 9.17) is 5.11 Å². The van der Waals surface area contributed by atoms with Crippen LogP contribution in [-0.4, -0.2) is 49.6 Å². The number of sulfone groups is 1. The molecule has 1 saturated heterocycles. The zero-order valence-electron chi connectivity index (χ0n) is 11.9. The van der Waals surface area contributed by atoms with Gasteiger partial charge >= 0.3 is 5.97 Å². The lowest BCUT2D eigenvalue weighted by Crippen LogP contribution is -2.30. The summed E-state index contributed by atoms with van der Waals surface area (Å²) in [5.41, 5.74) is 0.853. The van der Waals surface area contributed by atoms with Gasteiger partial charge in [-0.05, 0) is 31.0 Å². The molecule has 0 saturated carbocycles. The Bertz CT molecular complexity index is 695. The monoisotopic (exact) mass is 311 g/mol. The molecule has 0 bridgehead atoms. The molecule has 0 aromatic heterocycles. The highest BCUT2D eigenvalue weighted by molar-refractivity contribution is 7.90. The van der Waals surface area contributed by atoms with Gasteiger partial charge in [0.2, 0.25) is 0 Å². The number of aliphatic carboxylic acids is 1. The van der Waals surface area contributed by atoms with Crippen molar-refractivity contribution in [1.29, 1.82) is 0 Å². The molecule has 1 fully saturated rings. The van der Waals surface area contributed by atoms with Crippen molar-refractivity contribution in [2.75, 3.05) is 19.3 Å². The van der Waals surface area contributed by atoms with Crippen molar-refractivity contribution < 1.29 is 23.1 Å². The minimum absolute atomic E-state index is 0.127. The zero-order chi connectivity index (χ0) is 15.8. The van der Waals surface area contributed by atoms with Crippen LogP contribution in [0, 0.1) is 12.8 Å². The van der Waals surface area contributed by atoms with E-state index in [9.17, 15) is 18.0 Å². The number of likely N-dealkylation sites (tertiary alicyclic amines) is 1. The Hall–Kier alpha value is -1.89. The summed E-state index contributed by atoms with van der Waals surface area (Å²) < 4.78 is 23.4. The van der Waals surface area contributed by atoms with Crippen LogP contribution < -0.4 is 0 Å². The van der Waals surface area contributed by atoms with Gasteiger partial charge in [0, 0.05) is 24.9 Å². The van der Waals surface area contributed by atoms with Gasteiger partial charge in [-0.15, -0.1) is 0 Å². The van der Waals surface area contributed by atoms with Gasteiger partial charge in [-0.25, -0.2) is 8.42 Å². The fourth-order valence-corrected chi connectivity index (χ4v) is 3.46. The summed E-state index contributed by atoms with van der Waals surface area (Å²) in [5.74, 6) is -1.79. The normalized spacial score (nSPS) is 18.8. The van der Waals surface area contributed by atoms with Crippen LogP contribution in [0.25, 0.3) is 0 Å². The highest BCUT2D eigenvalue weighted by atomic mass is 32.2. The number of rotatable bonds is 3. The summed E-state index contributed by atoms with van der Waals surface area (Å²) in [6, 6.07) is 4.52. The first-order chi connectivity index (χ1) is 9.70. The molecular weight excluding hydrogens is 294 g/mol. The molecule has 0 radical (unpaired) electrons. The summed E-state index contributed by atoms with van der Waals surface area (Å²) in [4.78, 5) is 24.8. The Kier molecular flexibility index (Phi) is 4.04. The van der Waals surface area contributed by atoms with Gasteiger partial charge in [0.25, 0.3) is 5.91 Å². The van der Waals surface area contributed by atoms with Crippen LogP contribution in [-0.2, 0) is 14.6 Å². The second-order valence-corrected chi connectivity index (χ2v) is 7.31. The molecule has 21 heavy (non-hydrogen) atoms. The molecule has 1 heterocycles. The molecule has 1 amide bonds. The number of carbonyl (C=O) groups excluding carboxylic acids is 1. The van der Waals surface area contributed by atoms with Gasteiger partial charge in [0.1, 0.15) is 0 Å². The number of carboxylic acid groups (broad SMARTS) is 1. The van der Waals surface area contributed by atoms with E-state index >= 15 is 0 Å². The number of aryl methyl sites for hydroxylation is 1. The van der Waals surface area contributed by atoms with Gasteiger partial charge < -0.3 is 10.0 Å². The molecule has 6 nitrogen and oxygen atoms in total. The Morgan fingerprint density at radius 2 is 2.00 bits per heavy atom. The Morgan fingerprint density at radius 1 is 1.33 bits per heavy atom. The first-order valence-electron chi connectivity index (χ1n) is 6.53. The van der Waals surface area contributed by atoms with Gasteiger partial charge in [-0.3, -0.25) is 9.59 Å². The smallest absolute Gasteiger partial charge is 0.308 e. The van der Waals surface area contributed by atoms with Crippen molar-refractivity contribution in [1.82, 2.24) is 4.90 Å². The van der Waals surface area contributed by atoms with Gasteiger partial charge in [-0.2, -0.15) is 0 Å². The predicted octanol–water partition coefficient (Wildman–Crippen LogP) is 0.945. The van der Waals surface area contributed by atoms with Crippen LogP contribution in [0.2, 0.25) is 0 Å². The van der Waals surface area contributed by atoms with E-state index in [2.05, 4.69) is 0 Å². The molecule has 1 aromatic rings. The third-order valence-corrected chi connectivity index (χ3v) is 4.90. The van der Waals surface area contributed by atoms with Crippen LogP contribution in [0.1, 0.15) is 22.3 Å². The molecule has 2 rings (SSSR count). The third-order valence-electron chi connectivity index (χ3n) is 3.66. The number of nitrogens with zero attached hydrogens (tertiary/aromatic N) is 1. The minimum Gasteiger partial charge on any atom is -0.481 e. The molecule has 1 aliphatic rings. The van der Waals surface area contributed by atoms with Crippen molar-refractivity contribution in [2.24, 2.45) is 5.92 Å². The Morgan fingerprint density at radius 3 is 2.52 bits per heavy atom. The number of benzene rings is 1. The predicted molar refractivity (Wildman–Crippen MR) is 75.9 cm³/mol. The van der Waals surface area contributed by atoms with Gasteiger partial charge in [0.05, 0.1) is 10.8 Å². The van der Waals surface area contributed by atoms with Crippen molar-refractivity contribution in [2.45, 2.75) is 18.2 Å². The Balaban J connectivity index is 2.27. The van der Waals surface area contributed by atoms with E-state index in [-0.39, 0.29) is 22.9 Å². The highest BCUT2D eigenvalue weighted by Crippen LogP contribution is 2.22. The maximum Gasteiger partial charge on any atom is 0.308 e. The van der Waals surface area contributed by atoms with Crippen molar-refractivity contribution >= 4 is 21.7 Å². The molecule has 0 spiro atoms. The molecule has 1 aromatic carbocycles. The minimum atomic E-state index is -3.40. The lowest BCUT2D eigenvalue weighted by atomic mass is 10.1. The number of carboxylic acids is 1. The number of carbonyl (C=O) groups is 2. The van der Waals surface area contributed by atoms with E-state index in [1.54, 1.807) is 19.1 Å². The van der Waals surface area contributed by atoms with E-state index in [0.29, 0.717) is 18.5 Å². The average molecular weight is 311 g/mol. The fraction of sp³-hybridized carbons (Fsp3) is 0.429. The second kappa shape index (κ2) is 5.48. The van der Waals surface area contributed by atoms with E-state index < -0.39 is 21.7 Å². The van der Waals surface area contributed by atoms with Crippen molar-refractivity contribution in [3.05, 3.63) is 29.3 Å². The fourth-order valence-electron chi connectivity index (χ4n) is 2.46. The molecule has 7 heteroatoms. The molecule has 1 atom stereocenters. The molecule has 1 aliphatic heterocycles. The van der Waals surface area contributed by atoms with Crippen LogP contribution in [0.15, 0.2) is 23.1 Å². The van der Waals surface area contributed by atoms with Crippen molar-refractivity contribution in [3.8, 4) is 0 Å². The number of amides is 1. The quantitative estimate of drug-likeness (QED) is 0.897. The second-order valence-electron chi connectivity index (χ2n) is 5.33. The SMILES string of the molecule is Cc1ccc(C(=O)N2CCC(C(=O)O)C2)cc1S(C)(=O)=O. The summed E-state index contributed by atoms with van der Waals surface area (Å²) >= 11 is 0. The largest absolute Gasteiger partial charge is 0.481 e. The standard InChI is InChI=1S/C14H17NO5S/c1-9-3-4-10(7-12(9)21(2,19)20)13(16)15-6-5-11(8-15)14(17)18/h3-4,7,11H,5-6,8H2,1-2H3,(H,17,18). The maximum atomic E-state index is 12.3. The summed E-state index contributed by atoms with van der Waals surface area (Å²) in [6.45, 7) is 2.20. The van der Waals surface area contributed by atoms with Gasteiger partial charge in [0.15, 0.2) is 9.84 Å². The van der Waals surface area contributed by atoms with E-state index in [1.807, 2.05) is 0 Å². The highest BCUT2D eigenvalue weighted by Gasteiger charge is 2.31. The summed E-state index contributed by atoms with van der Waals surface area (Å²) in [5, 5.41) is 8.95. The molecule has 1 unspecified atom stereocenters.